The Morgan fingerprint density at radius 1 is 1.07 bits per heavy atom. The van der Waals surface area contributed by atoms with Gasteiger partial charge in [0.25, 0.3) is 5.69 Å². The molecule has 4 rings (SSSR count). The van der Waals surface area contributed by atoms with Crippen molar-refractivity contribution in [1.82, 2.24) is 19.7 Å². The molecular formula is C22H26N6O2. The van der Waals surface area contributed by atoms with Gasteiger partial charge in [0.2, 0.25) is 0 Å². The number of aryl methyl sites for hydroxylation is 3. The molecular weight excluding hydrogens is 380 g/mol. The number of aromatic nitrogens is 4. The third kappa shape index (κ3) is 4.32. The van der Waals surface area contributed by atoms with Crippen molar-refractivity contribution in [2.24, 2.45) is 5.92 Å². The first kappa shape index (κ1) is 20.0. The Kier molecular flexibility index (Phi) is 5.48. The molecule has 8 heteroatoms. The molecule has 1 saturated heterocycles. The fourth-order valence-corrected chi connectivity index (χ4v) is 4.05. The standard InChI is InChI=1S/C22H26N6O2/c1-15-12-21(24-22(23-15)19-5-4-6-20(13-19)28(29)30)26-9-7-18(8-10-26)14-27-17(3)11-16(2)25-27/h4-6,11-13,18H,7-10,14H2,1-3H3. The van der Waals surface area contributed by atoms with Gasteiger partial charge in [-0.05, 0) is 45.6 Å². The van der Waals surface area contributed by atoms with E-state index in [4.69, 9.17) is 4.98 Å². The molecule has 3 heterocycles. The summed E-state index contributed by atoms with van der Waals surface area (Å²) in [5, 5.41) is 15.7. The normalized spacial score (nSPS) is 14.8. The summed E-state index contributed by atoms with van der Waals surface area (Å²) >= 11 is 0. The maximum Gasteiger partial charge on any atom is 0.270 e. The van der Waals surface area contributed by atoms with Gasteiger partial charge >= 0.3 is 0 Å². The second-order valence-corrected chi connectivity index (χ2v) is 8.04. The van der Waals surface area contributed by atoms with Crippen LogP contribution in [-0.2, 0) is 6.54 Å². The second kappa shape index (κ2) is 8.22. The lowest BCUT2D eigenvalue weighted by Gasteiger charge is -2.33. The van der Waals surface area contributed by atoms with E-state index in [-0.39, 0.29) is 5.69 Å². The van der Waals surface area contributed by atoms with Crippen LogP contribution in [0.15, 0.2) is 36.4 Å². The highest BCUT2D eigenvalue weighted by molar-refractivity contribution is 5.61. The summed E-state index contributed by atoms with van der Waals surface area (Å²) in [5.74, 6) is 2.01. The average Bonchev–Trinajstić information content (AvgIpc) is 3.05. The van der Waals surface area contributed by atoms with Crippen molar-refractivity contribution >= 4 is 11.5 Å². The van der Waals surface area contributed by atoms with Crippen LogP contribution in [0.1, 0.15) is 29.9 Å². The maximum absolute atomic E-state index is 11.1. The molecule has 0 amide bonds. The minimum Gasteiger partial charge on any atom is -0.356 e. The van der Waals surface area contributed by atoms with Crippen LogP contribution in [0.2, 0.25) is 0 Å². The van der Waals surface area contributed by atoms with E-state index in [1.807, 2.05) is 26.0 Å². The van der Waals surface area contributed by atoms with Crippen molar-refractivity contribution in [2.45, 2.75) is 40.2 Å². The van der Waals surface area contributed by atoms with Gasteiger partial charge in [-0.3, -0.25) is 14.8 Å². The Morgan fingerprint density at radius 2 is 1.83 bits per heavy atom. The first-order chi connectivity index (χ1) is 14.4. The zero-order valence-electron chi connectivity index (χ0n) is 17.6. The summed E-state index contributed by atoms with van der Waals surface area (Å²) < 4.78 is 2.12. The Balaban J connectivity index is 1.48. The Bertz CT molecular complexity index is 1070. The third-order valence-electron chi connectivity index (χ3n) is 5.63. The van der Waals surface area contributed by atoms with Gasteiger partial charge in [0.1, 0.15) is 5.82 Å². The van der Waals surface area contributed by atoms with Gasteiger partial charge in [0, 0.05) is 54.8 Å². The van der Waals surface area contributed by atoms with E-state index in [1.165, 1.54) is 17.8 Å². The number of benzene rings is 1. The van der Waals surface area contributed by atoms with Crippen LogP contribution in [0.5, 0.6) is 0 Å². The Labute approximate surface area is 175 Å². The molecule has 1 aliphatic rings. The van der Waals surface area contributed by atoms with Crippen LogP contribution in [0, 0.1) is 36.8 Å². The Morgan fingerprint density at radius 3 is 2.50 bits per heavy atom. The van der Waals surface area contributed by atoms with E-state index in [0.717, 1.165) is 49.7 Å². The van der Waals surface area contributed by atoms with Gasteiger partial charge in [0.15, 0.2) is 5.82 Å². The van der Waals surface area contributed by atoms with Gasteiger partial charge in [-0.25, -0.2) is 9.97 Å². The molecule has 0 atom stereocenters. The molecule has 1 aliphatic heterocycles. The predicted molar refractivity (Wildman–Crippen MR) is 115 cm³/mol. The molecule has 1 aromatic carbocycles. The van der Waals surface area contributed by atoms with Crippen LogP contribution in [-0.4, -0.2) is 37.8 Å². The van der Waals surface area contributed by atoms with E-state index in [9.17, 15) is 10.1 Å². The van der Waals surface area contributed by atoms with Gasteiger partial charge < -0.3 is 4.90 Å². The Hall–Kier alpha value is -3.29. The lowest BCUT2D eigenvalue weighted by Crippen LogP contribution is -2.36. The van der Waals surface area contributed by atoms with Crippen LogP contribution >= 0.6 is 0 Å². The van der Waals surface area contributed by atoms with Crippen LogP contribution in [0.4, 0.5) is 11.5 Å². The average molecular weight is 406 g/mol. The lowest BCUT2D eigenvalue weighted by molar-refractivity contribution is -0.384. The smallest absolute Gasteiger partial charge is 0.270 e. The number of nitrogens with zero attached hydrogens (tertiary/aromatic N) is 6. The topological polar surface area (TPSA) is 90.0 Å². The van der Waals surface area contributed by atoms with E-state index >= 15 is 0 Å². The van der Waals surface area contributed by atoms with Crippen molar-refractivity contribution in [2.75, 3.05) is 18.0 Å². The van der Waals surface area contributed by atoms with Gasteiger partial charge in [0.05, 0.1) is 10.6 Å². The first-order valence-electron chi connectivity index (χ1n) is 10.3. The van der Waals surface area contributed by atoms with Crippen molar-refractivity contribution < 1.29 is 4.92 Å². The first-order valence-corrected chi connectivity index (χ1v) is 10.3. The van der Waals surface area contributed by atoms with Gasteiger partial charge in [-0.2, -0.15) is 5.10 Å². The molecule has 0 saturated carbocycles. The minimum atomic E-state index is -0.395. The molecule has 0 N–H and O–H groups in total. The maximum atomic E-state index is 11.1. The third-order valence-corrected chi connectivity index (χ3v) is 5.63. The second-order valence-electron chi connectivity index (χ2n) is 8.04. The summed E-state index contributed by atoms with van der Waals surface area (Å²) in [6.45, 7) is 8.87. The summed E-state index contributed by atoms with van der Waals surface area (Å²) in [7, 11) is 0. The van der Waals surface area contributed by atoms with Crippen molar-refractivity contribution in [1.29, 1.82) is 0 Å². The number of piperidine rings is 1. The SMILES string of the molecule is Cc1cc(N2CCC(Cn3nc(C)cc3C)CC2)nc(-c2cccc([N+](=O)[O-])c2)n1. The van der Waals surface area contributed by atoms with E-state index in [2.05, 4.69) is 32.7 Å². The van der Waals surface area contributed by atoms with Gasteiger partial charge in [-0.1, -0.05) is 12.1 Å². The van der Waals surface area contributed by atoms with Crippen molar-refractivity contribution in [3.63, 3.8) is 0 Å². The lowest BCUT2D eigenvalue weighted by atomic mass is 9.96. The quantitative estimate of drug-likeness (QED) is 0.468. The van der Waals surface area contributed by atoms with Crippen LogP contribution in [0.25, 0.3) is 11.4 Å². The number of rotatable bonds is 5. The molecule has 1 fully saturated rings. The van der Waals surface area contributed by atoms with Crippen LogP contribution < -0.4 is 4.90 Å². The molecule has 0 radical (unpaired) electrons. The number of anilines is 1. The van der Waals surface area contributed by atoms with Gasteiger partial charge in [-0.15, -0.1) is 0 Å². The van der Waals surface area contributed by atoms with E-state index in [0.29, 0.717) is 17.3 Å². The zero-order chi connectivity index (χ0) is 21.3. The molecule has 30 heavy (non-hydrogen) atoms. The number of hydrogen-bond donors (Lipinski definition) is 0. The molecule has 0 aliphatic carbocycles. The highest BCUT2D eigenvalue weighted by atomic mass is 16.6. The fraction of sp³-hybridized carbons (Fsp3) is 0.409. The predicted octanol–water partition coefficient (Wildman–Crippen LogP) is 4.09. The summed E-state index contributed by atoms with van der Waals surface area (Å²) in [6.07, 6.45) is 2.15. The molecule has 2 aromatic heterocycles. The molecule has 156 valence electrons. The van der Waals surface area contributed by atoms with Crippen molar-refractivity contribution in [3.8, 4) is 11.4 Å². The monoisotopic (exact) mass is 406 g/mol. The number of hydrogen-bond acceptors (Lipinski definition) is 6. The zero-order valence-corrected chi connectivity index (χ0v) is 17.6. The van der Waals surface area contributed by atoms with Crippen LogP contribution in [0.3, 0.4) is 0 Å². The van der Waals surface area contributed by atoms with E-state index in [1.54, 1.807) is 6.07 Å². The number of non-ortho nitro benzene ring substituents is 1. The molecule has 8 nitrogen and oxygen atoms in total. The largest absolute Gasteiger partial charge is 0.356 e. The van der Waals surface area contributed by atoms with Crippen molar-refractivity contribution in [3.05, 3.63) is 63.6 Å². The van der Waals surface area contributed by atoms with E-state index < -0.39 is 4.92 Å². The highest BCUT2D eigenvalue weighted by Gasteiger charge is 2.22. The number of nitro benzene ring substituents is 1. The molecule has 0 spiro atoms. The summed E-state index contributed by atoms with van der Waals surface area (Å²) in [5.41, 5.74) is 3.84. The summed E-state index contributed by atoms with van der Waals surface area (Å²) in [4.78, 5) is 22.2. The molecule has 0 bridgehead atoms. The highest BCUT2D eigenvalue weighted by Crippen LogP contribution is 2.27. The fourth-order valence-electron chi connectivity index (χ4n) is 4.05. The summed E-state index contributed by atoms with van der Waals surface area (Å²) in [6, 6.07) is 10.6. The molecule has 3 aromatic rings. The number of nitro groups is 1. The molecule has 0 unspecified atom stereocenters. The minimum absolute atomic E-state index is 0.0455.